The molecule has 1 aliphatic rings. The van der Waals surface area contributed by atoms with Crippen LogP contribution in [-0.4, -0.2) is 53.7 Å². The molecule has 0 saturated carbocycles. The lowest BCUT2D eigenvalue weighted by Gasteiger charge is -2.25. The number of hydrogen-bond donors (Lipinski definition) is 2. The number of benzene rings is 2. The molecular weight excluding hydrogens is 408 g/mol. The number of alkyl carbamates (subject to hydrolysis) is 1. The standard InChI is InChI=1S/C25H26N2O5/c1-3-9-22(24(30)27(14-4-2)15-23(28)29)26-25(31)32-16-21-19-12-7-5-10-17(19)18-11-6-8-13-20(18)21/h3-8,10-13,21-22H,1-2,9,14-16H2,(H,26,31)(H,28,29). The summed E-state index contributed by atoms with van der Waals surface area (Å²) in [5, 5.41) is 11.6. The van der Waals surface area contributed by atoms with E-state index >= 15 is 0 Å². The highest BCUT2D eigenvalue weighted by Gasteiger charge is 2.30. The van der Waals surface area contributed by atoms with Crippen LogP contribution in [0, 0.1) is 0 Å². The number of nitrogens with one attached hydrogen (secondary N) is 1. The van der Waals surface area contributed by atoms with Crippen LogP contribution in [0.1, 0.15) is 23.5 Å². The smallest absolute Gasteiger partial charge is 0.407 e. The molecule has 2 aromatic rings. The summed E-state index contributed by atoms with van der Waals surface area (Å²) in [7, 11) is 0. The number of carboxylic acid groups (broad SMARTS) is 1. The number of carboxylic acids is 1. The van der Waals surface area contributed by atoms with Gasteiger partial charge in [0.05, 0.1) is 0 Å². The van der Waals surface area contributed by atoms with Crippen LogP contribution in [0.5, 0.6) is 0 Å². The van der Waals surface area contributed by atoms with Crippen molar-refractivity contribution in [3.05, 3.63) is 85.0 Å². The predicted molar refractivity (Wildman–Crippen MR) is 121 cm³/mol. The highest BCUT2D eigenvalue weighted by molar-refractivity contribution is 5.88. The molecule has 2 N–H and O–H groups in total. The molecule has 0 saturated heterocycles. The van der Waals surface area contributed by atoms with E-state index in [-0.39, 0.29) is 25.5 Å². The molecule has 1 aliphatic carbocycles. The number of fused-ring (bicyclic) bond motifs is 3. The molecule has 32 heavy (non-hydrogen) atoms. The third-order valence-electron chi connectivity index (χ3n) is 5.32. The van der Waals surface area contributed by atoms with Crippen molar-refractivity contribution >= 4 is 18.0 Å². The third-order valence-corrected chi connectivity index (χ3v) is 5.32. The largest absolute Gasteiger partial charge is 0.480 e. The van der Waals surface area contributed by atoms with Gasteiger partial charge in [-0.3, -0.25) is 9.59 Å². The first kappa shape index (κ1) is 22.8. The zero-order valence-electron chi connectivity index (χ0n) is 17.7. The van der Waals surface area contributed by atoms with Gasteiger partial charge >= 0.3 is 12.1 Å². The normalized spacial score (nSPS) is 12.8. The van der Waals surface area contributed by atoms with Crippen molar-refractivity contribution in [2.75, 3.05) is 19.7 Å². The lowest BCUT2D eigenvalue weighted by Crippen LogP contribution is -2.50. The fraction of sp³-hybridized carbons (Fsp3) is 0.240. The summed E-state index contributed by atoms with van der Waals surface area (Å²) in [4.78, 5) is 37.5. The van der Waals surface area contributed by atoms with Crippen molar-refractivity contribution < 1.29 is 24.2 Å². The highest BCUT2D eigenvalue weighted by atomic mass is 16.5. The van der Waals surface area contributed by atoms with E-state index in [4.69, 9.17) is 9.84 Å². The van der Waals surface area contributed by atoms with E-state index in [0.717, 1.165) is 27.2 Å². The number of carbonyl (C=O) groups is 3. The molecule has 0 heterocycles. The predicted octanol–water partition coefficient (Wildman–Crippen LogP) is 3.57. The zero-order valence-corrected chi connectivity index (χ0v) is 17.7. The number of carbonyl (C=O) groups excluding carboxylic acids is 2. The van der Waals surface area contributed by atoms with Crippen molar-refractivity contribution in [1.29, 1.82) is 0 Å². The van der Waals surface area contributed by atoms with Crippen LogP contribution < -0.4 is 5.32 Å². The summed E-state index contributed by atoms with van der Waals surface area (Å²) < 4.78 is 5.50. The van der Waals surface area contributed by atoms with Crippen LogP contribution in [0.25, 0.3) is 11.1 Å². The van der Waals surface area contributed by atoms with Gasteiger partial charge < -0.3 is 20.1 Å². The summed E-state index contributed by atoms with van der Waals surface area (Å²) in [6.45, 7) is 6.83. The zero-order chi connectivity index (χ0) is 23.1. The molecule has 3 rings (SSSR count). The second-order valence-electron chi connectivity index (χ2n) is 7.45. The fourth-order valence-electron chi connectivity index (χ4n) is 3.94. The minimum Gasteiger partial charge on any atom is -0.480 e. The average molecular weight is 434 g/mol. The Morgan fingerprint density at radius 3 is 2.16 bits per heavy atom. The van der Waals surface area contributed by atoms with Gasteiger partial charge in [-0.2, -0.15) is 0 Å². The number of hydrogen-bond acceptors (Lipinski definition) is 4. The molecule has 166 valence electrons. The molecule has 2 aromatic carbocycles. The molecule has 7 nitrogen and oxygen atoms in total. The van der Waals surface area contributed by atoms with E-state index in [9.17, 15) is 14.4 Å². The van der Waals surface area contributed by atoms with Gasteiger partial charge in [0.25, 0.3) is 0 Å². The fourth-order valence-corrected chi connectivity index (χ4v) is 3.94. The lowest BCUT2D eigenvalue weighted by atomic mass is 9.98. The third kappa shape index (κ3) is 5.06. The Morgan fingerprint density at radius 2 is 1.62 bits per heavy atom. The van der Waals surface area contributed by atoms with Gasteiger partial charge in [0.2, 0.25) is 5.91 Å². The summed E-state index contributed by atoms with van der Waals surface area (Å²) >= 11 is 0. The Labute approximate surface area is 187 Å². The molecule has 7 heteroatoms. The molecule has 1 unspecified atom stereocenters. The van der Waals surface area contributed by atoms with Gasteiger partial charge in [-0.15, -0.1) is 13.2 Å². The quantitative estimate of drug-likeness (QED) is 0.558. The molecule has 2 amide bonds. The molecule has 0 radical (unpaired) electrons. The van der Waals surface area contributed by atoms with E-state index in [1.165, 1.54) is 12.2 Å². The first-order valence-corrected chi connectivity index (χ1v) is 10.3. The Balaban J connectivity index is 1.68. The Kier molecular flexibility index (Phi) is 7.44. The van der Waals surface area contributed by atoms with Gasteiger partial charge in [-0.1, -0.05) is 60.7 Å². The summed E-state index contributed by atoms with van der Waals surface area (Å²) in [5.41, 5.74) is 4.40. The maximum Gasteiger partial charge on any atom is 0.407 e. The monoisotopic (exact) mass is 434 g/mol. The van der Waals surface area contributed by atoms with Crippen LogP contribution in [0.2, 0.25) is 0 Å². The highest BCUT2D eigenvalue weighted by Crippen LogP contribution is 2.44. The molecule has 0 bridgehead atoms. The Morgan fingerprint density at radius 1 is 1.03 bits per heavy atom. The maximum absolute atomic E-state index is 12.8. The number of aliphatic carboxylic acids is 1. The van der Waals surface area contributed by atoms with Crippen LogP contribution in [0.4, 0.5) is 4.79 Å². The van der Waals surface area contributed by atoms with Crippen LogP contribution >= 0.6 is 0 Å². The van der Waals surface area contributed by atoms with E-state index in [1.807, 2.05) is 48.5 Å². The van der Waals surface area contributed by atoms with E-state index in [1.54, 1.807) is 0 Å². The van der Waals surface area contributed by atoms with Gasteiger partial charge in [0.15, 0.2) is 0 Å². The second kappa shape index (κ2) is 10.4. The summed E-state index contributed by atoms with van der Waals surface area (Å²) in [5.74, 6) is -1.80. The van der Waals surface area contributed by atoms with Crippen molar-refractivity contribution in [3.8, 4) is 11.1 Å². The first-order chi connectivity index (χ1) is 15.5. The van der Waals surface area contributed by atoms with Crippen LogP contribution in [0.3, 0.4) is 0 Å². The molecule has 0 aromatic heterocycles. The average Bonchev–Trinajstić information content (AvgIpc) is 3.10. The number of rotatable bonds is 10. The molecule has 1 atom stereocenters. The minimum absolute atomic E-state index is 0.0468. The lowest BCUT2D eigenvalue weighted by molar-refractivity contribution is -0.144. The van der Waals surface area contributed by atoms with Gasteiger partial charge in [-0.25, -0.2) is 4.79 Å². The van der Waals surface area contributed by atoms with Crippen molar-refractivity contribution in [3.63, 3.8) is 0 Å². The first-order valence-electron chi connectivity index (χ1n) is 10.3. The molecule has 0 aliphatic heterocycles. The van der Waals surface area contributed by atoms with Gasteiger partial charge in [-0.05, 0) is 28.7 Å². The minimum atomic E-state index is -1.15. The molecule has 0 fully saturated rings. The summed E-state index contributed by atoms with van der Waals surface area (Å²) in [6, 6.07) is 15.0. The van der Waals surface area contributed by atoms with Crippen molar-refractivity contribution in [1.82, 2.24) is 10.2 Å². The second-order valence-corrected chi connectivity index (χ2v) is 7.45. The molecule has 0 spiro atoms. The van der Waals surface area contributed by atoms with Crippen LogP contribution in [-0.2, 0) is 14.3 Å². The van der Waals surface area contributed by atoms with Crippen molar-refractivity contribution in [2.24, 2.45) is 0 Å². The molecular formula is C25H26N2O5. The Bertz CT molecular complexity index is 987. The van der Waals surface area contributed by atoms with Gasteiger partial charge in [0, 0.05) is 12.5 Å². The topological polar surface area (TPSA) is 95.9 Å². The maximum atomic E-state index is 12.8. The van der Waals surface area contributed by atoms with Gasteiger partial charge in [0.1, 0.15) is 19.2 Å². The number of amides is 2. The van der Waals surface area contributed by atoms with E-state index < -0.39 is 30.6 Å². The SMILES string of the molecule is C=CCC(NC(=O)OCC1c2ccccc2-c2ccccc21)C(=O)N(CC=C)CC(=O)O. The Hall–Kier alpha value is -3.87. The van der Waals surface area contributed by atoms with E-state index in [2.05, 4.69) is 18.5 Å². The number of nitrogens with zero attached hydrogens (tertiary/aromatic N) is 1. The van der Waals surface area contributed by atoms with Crippen molar-refractivity contribution in [2.45, 2.75) is 18.4 Å². The number of ether oxygens (including phenoxy) is 1. The van der Waals surface area contributed by atoms with E-state index in [0.29, 0.717) is 0 Å². The summed E-state index contributed by atoms with van der Waals surface area (Å²) in [6.07, 6.45) is 2.30. The van der Waals surface area contributed by atoms with Crippen LogP contribution in [0.15, 0.2) is 73.8 Å².